The number of carbonyl (C=O) groups excluding carboxylic acids is 4. The summed E-state index contributed by atoms with van der Waals surface area (Å²) in [5, 5.41) is 10.5. The topological polar surface area (TPSA) is 237 Å². The Morgan fingerprint density at radius 1 is 0.321 bits per heavy atom. The van der Waals surface area contributed by atoms with Gasteiger partial charge in [-0.3, -0.25) is 37.3 Å². The van der Waals surface area contributed by atoms with Gasteiger partial charge in [0.25, 0.3) is 0 Å². The molecule has 0 spiro atoms. The predicted molar refractivity (Wildman–Crippen MR) is 335 cm³/mol. The molecule has 0 rings (SSSR count). The Morgan fingerprint density at radius 2 is 0.548 bits per heavy atom. The highest BCUT2D eigenvalue weighted by Crippen LogP contribution is 2.45. The van der Waals surface area contributed by atoms with Crippen molar-refractivity contribution in [3.05, 3.63) is 0 Å². The second-order valence-electron chi connectivity index (χ2n) is 24.0. The maximum Gasteiger partial charge on any atom is 0.472 e. The fraction of sp³-hybridized carbons (Fsp3) is 0.938. The van der Waals surface area contributed by atoms with Gasteiger partial charge in [0, 0.05) is 25.7 Å². The van der Waals surface area contributed by atoms with E-state index in [1.54, 1.807) is 0 Å². The van der Waals surface area contributed by atoms with E-state index < -0.39 is 97.5 Å². The monoisotopic (exact) mass is 1240 g/mol. The number of aliphatic hydroxyl groups is 1. The number of rotatable bonds is 65. The van der Waals surface area contributed by atoms with Crippen molar-refractivity contribution in [1.29, 1.82) is 0 Å². The van der Waals surface area contributed by atoms with E-state index in [0.717, 1.165) is 96.3 Å². The van der Waals surface area contributed by atoms with Crippen LogP contribution in [-0.2, 0) is 65.4 Å². The summed E-state index contributed by atoms with van der Waals surface area (Å²) in [6, 6.07) is 0. The number of carbonyl (C=O) groups is 4. The number of hydrogen-bond acceptors (Lipinski definition) is 15. The van der Waals surface area contributed by atoms with E-state index in [4.69, 9.17) is 37.0 Å². The lowest BCUT2D eigenvalue weighted by atomic mass is 10.0. The Labute approximate surface area is 511 Å². The molecule has 0 fully saturated rings. The summed E-state index contributed by atoms with van der Waals surface area (Å²) in [7, 11) is -9.88. The van der Waals surface area contributed by atoms with Crippen LogP contribution in [-0.4, -0.2) is 96.7 Å². The third-order valence-electron chi connectivity index (χ3n) is 15.0. The Hall–Kier alpha value is -1.94. The summed E-state index contributed by atoms with van der Waals surface area (Å²) in [5.41, 5.74) is 0. The molecule has 0 radical (unpaired) electrons. The van der Waals surface area contributed by atoms with Gasteiger partial charge in [-0.15, -0.1) is 0 Å². The van der Waals surface area contributed by atoms with Crippen LogP contribution in [0.1, 0.15) is 330 Å². The van der Waals surface area contributed by atoms with Crippen LogP contribution >= 0.6 is 15.6 Å². The SMILES string of the molecule is CCCCCCCCCCCCCCCCCCC(=O)O[C@H](COC(=O)CCCCCCCCCCCCC)COP(=O)(O)OC[C@@H](O)COP(=O)(O)OC[C@@H](COC(=O)CCCCCCCCCC)OC(=O)CCCCCCCCC(C)C. The van der Waals surface area contributed by atoms with Crippen LogP contribution in [0.3, 0.4) is 0 Å². The first kappa shape index (κ1) is 82.1. The van der Waals surface area contributed by atoms with E-state index in [1.807, 2.05) is 0 Å². The highest BCUT2D eigenvalue weighted by atomic mass is 31.2. The molecule has 0 aliphatic rings. The molecule has 17 nitrogen and oxygen atoms in total. The van der Waals surface area contributed by atoms with Crippen molar-refractivity contribution in [2.24, 2.45) is 5.92 Å². The molecule has 0 aliphatic heterocycles. The van der Waals surface area contributed by atoms with Gasteiger partial charge in [0.1, 0.15) is 19.3 Å². The van der Waals surface area contributed by atoms with Gasteiger partial charge >= 0.3 is 39.5 Å². The molecule has 0 aromatic heterocycles. The van der Waals surface area contributed by atoms with Gasteiger partial charge in [-0.2, -0.15) is 0 Å². The molecule has 0 aromatic carbocycles. The number of unbranched alkanes of at least 4 members (excludes halogenated alkanes) is 37. The molecule has 0 saturated carbocycles. The molecule has 498 valence electrons. The summed E-state index contributed by atoms with van der Waals surface area (Å²) in [6.07, 6.45) is 43.2. The molecule has 0 heterocycles. The first-order valence-electron chi connectivity index (χ1n) is 34.1. The standard InChI is InChI=1S/C65H126O17P2/c1-6-9-12-15-18-21-23-24-25-26-27-29-31-34-40-45-50-64(69)81-60(54-76-63(68)49-44-39-33-30-28-22-19-16-13-10-7-2)56-79-83(71,72)77-52-59(66)53-78-84(73,74)80-57-61(55-75-62(67)48-43-38-32-20-17-14-11-8-3)82-65(70)51-46-41-36-35-37-42-47-58(4)5/h58-61,66H,6-57H2,1-5H3,(H,71,72)(H,73,74)/t59-,60-,61-/m1/s1. The summed E-state index contributed by atoms with van der Waals surface area (Å²) < 4.78 is 68.0. The lowest BCUT2D eigenvalue weighted by Gasteiger charge is -2.21. The number of esters is 4. The zero-order valence-electron chi connectivity index (χ0n) is 54.0. The fourth-order valence-corrected chi connectivity index (χ4v) is 11.3. The maximum absolute atomic E-state index is 13.0. The van der Waals surface area contributed by atoms with Crippen molar-refractivity contribution in [2.75, 3.05) is 39.6 Å². The molecule has 0 bridgehead atoms. The van der Waals surface area contributed by atoms with Crippen LogP contribution in [0.15, 0.2) is 0 Å². The molecule has 19 heteroatoms. The van der Waals surface area contributed by atoms with E-state index in [9.17, 15) is 43.2 Å². The maximum atomic E-state index is 13.0. The van der Waals surface area contributed by atoms with Gasteiger partial charge in [0.05, 0.1) is 26.4 Å². The summed E-state index contributed by atoms with van der Waals surface area (Å²) in [5.74, 6) is -1.47. The Kier molecular flexibility index (Phi) is 57.4. The average Bonchev–Trinajstić information content (AvgIpc) is 3.56. The average molecular weight is 1240 g/mol. The van der Waals surface area contributed by atoms with Gasteiger partial charge in [0.15, 0.2) is 12.2 Å². The van der Waals surface area contributed by atoms with Gasteiger partial charge in [-0.05, 0) is 31.6 Å². The third kappa shape index (κ3) is 59.0. The molecule has 3 N–H and O–H groups in total. The number of phosphoric acid groups is 2. The van der Waals surface area contributed by atoms with Gasteiger partial charge in [-0.1, -0.05) is 279 Å². The second-order valence-corrected chi connectivity index (χ2v) is 26.9. The van der Waals surface area contributed by atoms with Crippen molar-refractivity contribution >= 4 is 39.5 Å². The van der Waals surface area contributed by atoms with Gasteiger partial charge in [0.2, 0.25) is 0 Å². The molecular formula is C65H126O17P2. The number of hydrogen-bond donors (Lipinski definition) is 3. The van der Waals surface area contributed by atoms with E-state index >= 15 is 0 Å². The lowest BCUT2D eigenvalue weighted by molar-refractivity contribution is -0.161. The summed E-state index contributed by atoms with van der Waals surface area (Å²) in [6.45, 7) is 7.09. The third-order valence-corrected chi connectivity index (χ3v) is 16.9. The second kappa shape index (κ2) is 58.7. The van der Waals surface area contributed by atoms with E-state index in [1.165, 1.54) is 148 Å². The minimum Gasteiger partial charge on any atom is -0.462 e. The predicted octanol–water partition coefficient (Wildman–Crippen LogP) is 18.2. The van der Waals surface area contributed by atoms with E-state index in [0.29, 0.717) is 31.6 Å². The lowest BCUT2D eigenvalue weighted by Crippen LogP contribution is -2.30. The molecule has 0 amide bonds. The minimum atomic E-state index is -4.94. The normalized spacial score (nSPS) is 14.2. The molecular weight excluding hydrogens is 1110 g/mol. The number of aliphatic hydroxyl groups excluding tert-OH is 1. The summed E-state index contributed by atoms with van der Waals surface area (Å²) >= 11 is 0. The zero-order valence-corrected chi connectivity index (χ0v) is 55.8. The molecule has 0 saturated heterocycles. The zero-order chi connectivity index (χ0) is 62.0. The number of ether oxygens (including phenoxy) is 4. The van der Waals surface area contributed by atoms with Crippen LogP contribution in [0, 0.1) is 5.92 Å². The van der Waals surface area contributed by atoms with Gasteiger partial charge < -0.3 is 33.8 Å². The van der Waals surface area contributed by atoms with Crippen LogP contribution in [0.4, 0.5) is 0 Å². The van der Waals surface area contributed by atoms with Crippen LogP contribution < -0.4 is 0 Å². The van der Waals surface area contributed by atoms with Crippen LogP contribution in [0.5, 0.6) is 0 Å². The Morgan fingerprint density at radius 3 is 0.810 bits per heavy atom. The molecule has 5 atom stereocenters. The quantitative estimate of drug-likeness (QED) is 0.0222. The first-order chi connectivity index (χ1) is 40.5. The Bertz CT molecular complexity index is 1640. The van der Waals surface area contributed by atoms with E-state index in [2.05, 4.69) is 34.6 Å². The highest BCUT2D eigenvalue weighted by molar-refractivity contribution is 7.47. The Balaban J connectivity index is 5.20. The van der Waals surface area contributed by atoms with Crippen molar-refractivity contribution < 1.29 is 80.2 Å². The summed E-state index contributed by atoms with van der Waals surface area (Å²) in [4.78, 5) is 72.1. The smallest absolute Gasteiger partial charge is 0.462 e. The van der Waals surface area contributed by atoms with Crippen molar-refractivity contribution in [3.63, 3.8) is 0 Å². The van der Waals surface area contributed by atoms with E-state index in [-0.39, 0.29) is 25.7 Å². The molecule has 0 aliphatic carbocycles. The molecule has 0 aromatic rings. The minimum absolute atomic E-state index is 0.102. The molecule has 2 unspecified atom stereocenters. The largest absolute Gasteiger partial charge is 0.472 e. The van der Waals surface area contributed by atoms with Crippen molar-refractivity contribution in [1.82, 2.24) is 0 Å². The van der Waals surface area contributed by atoms with Crippen molar-refractivity contribution in [3.8, 4) is 0 Å². The number of phosphoric ester groups is 2. The highest BCUT2D eigenvalue weighted by Gasteiger charge is 2.30. The van der Waals surface area contributed by atoms with Crippen LogP contribution in [0.2, 0.25) is 0 Å². The van der Waals surface area contributed by atoms with Gasteiger partial charge in [-0.25, -0.2) is 9.13 Å². The van der Waals surface area contributed by atoms with Crippen molar-refractivity contribution in [2.45, 2.75) is 348 Å². The van der Waals surface area contributed by atoms with Crippen LogP contribution in [0.25, 0.3) is 0 Å². The first-order valence-corrected chi connectivity index (χ1v) is 37.1. The fourth-order valence-electron chi connectivity index (χ4n) is 9.76. The molecule has 84 heavy (non-hydrogen) atoms.